The molecular weight excluding hydrogens is 326 g/mol. The van der Waals surface area contributed by atoms with Crippen LogP contribution in [0.2, 0.25) is 5.02 Å². The Hall–Kier alpha value is -1.66. The number of anilines is 1. The number of hydrogen-bond donors (Lipinski definition) is 0. The Morgan fingerprint density at radius 3 is 2.50 bits per heavy atom. The Morgan fingerprint density at radius 2 is 1.88 bits per heavy atom. The SMILES string of the molecule is CC(C)Cc1nnc(C(C)N2CCN(c3ccc(Cl)cn3)CC2)o1. The summed E-state index contributed by atoms with van der Waals surface area (Å²) in [5.74, 6) is 2.94. The predicted octanol–water partition coefficient (Wildman–Crippen LogP) is 3.20. The minimum absolute atomic E-state index is 0.138. The predicted molar refractivity (Wildman–Crippen MR) is 94.3 cm³/mol. The van der Waals surface area contributed by atoms with Gasteiger partial charge in [-0.25, -0.2) is 4.98 Å². The van der Waals surface area contributed by atoms with Crippen LogP contribution in [0.4, 0.5) is 5.82 Å². The molecule has 3 rings (SSSR count). The van der Waals surface area contributed by atoms with Crippen LogP contribution >= 0.6 is 11.6 Å². The molecule has 1 aliphatic rings. The van der Waals surface area contributed by atoms with Crippen LogP contribution in [0, 0.1) is 5.92 Å². The lowest BCUT2D eigenvalue weighted by Gasteiger charge is -2.37. The molecule has 0 N–H and O–H groups in total. The zero-order valence-electron chi connectivity index (χ0n) is 14.4. The first-order chi connectivity index (χ1) is 11.5. The third-order valence-electron chi connectivity index (χ3n) is 4.32. The lowest BCUT2D eigenvalue weighted by Crippen LogP contribution is -2.47. The zero-order chi connectivity index (χ0) is 17.1. The molecule has 130 valence electrons. The van der Waals surface area contributed by atoms with Gasteiger partial charge in [-0.2, -0.15) is 0 Å². The quantitative estimate of drug-likeness (QED) is 0.826. The van der Waals surface area contributed by atoms with Crippen molar-refractivity contribution < 1.29 is 4.42 Å². The highest BCUT2D eigenvalue weighted by atomic mass is 35.5. The first-order valence-corrected chi connectivity index (χ1v) is 8.83. The lowest BCUT2D eigenvalue weighted by molar-refractivity contribution is 0.170. The molecule has 0 aliphatic carbocycles. The maximum atomic E-state index is 5.90. The van der Waals surface area contributed by atoms with Crippen LogP contribution in [0.3, 0.4) is 0 Å². The Bertz CT molecular complexity index is 649. The van der Waals surface area contributed by atoms with Crippen molar-refractivity contribution in [2.24, 2.45) is 5.92 Å². The number of pyridine rings is 1. The summed E-state index contributed by atoms with van der Waals surface area (Å²) >= 11 is 5.90. The monoisotopic (exact) mass is 349 g/mol. The first kappa shape index (κ1) is 17.2. The first-order valence-electron chi connectivity index (χ1n) is 8.45. The van der Waals surface area contributed by atoms with Crippen molar-refractivity contribution >= 4 is 17.4 Å². The van der Waals surface area contributed by atoms with E-state index in [1.165, 1.54) is 0 Å². The molecule has 1 atom stereocenters. The van der Waals surface area contributed by atoms with Gasteiger partial charge in [0.2, 0.25) is 11.8 Å². The number of halogens is 1. The van der Waals surface area contributed by atoms with E-state index < -0.39 is 0 Å². The van der Waals surface area contributed by atoms with E-state index >= 15 is 0 Å². The fourth-order valence-electron chi connectivity index (χ4n) is 2.92. The smallest absolute Gasteiger partial charge is 0.233 e. The fourth-order valence-corrected chi connectivity index (χ4v) is 3.03. The molecule has 1 saturated heterocycles. The molecule has 0 aromatic carbocycles. The average molecular weight is 350 g/mol. The zero-order valence-corrected chi connectivity index (χ0v) is 15.2. The molecule has 3 heterocycles. The summed E-state index contributed by atoms with van der Waals surface area (Å²) in [6.45, 7) is 10.1. The van der Waals surface area contributed by atoms with Crippen LogP contribution in [0.1, 0.15) is 38.6 Å². The van der Waals surface area contributed by atoms with E-state index in [1.54, 1.807) is 6.20 Å². The van der Waals surface area contributed by atoms with E-state index in [0.29, 0.717) is 16.8 Å². The molecular formula is C17H24ClN5O. The van der Waals surface area contributed by atoms with Gasteiger partial charge in [-0.1, -0.05) is 25.4 Å². The van der Waals surface area contributed by atoms with Crippen molar-refractivity contribution in [3.05, 3.63) is 35.1 Å². The highest BCUT2D eigenvalue weighted by molar-refractivity contribution is 6.30. The molecule has 0 saturated carbocycles. The number of aromatic nitrogens is 3. The van der Waals surface area contributed by atoms with Gasteiger partial charge in [-0.05, 0) is 25.0 Å². The standard InChI is InChI=1S/C17H24ClN5O/c1-12(2)10-16-20-21-17(24-16)13(3)22-6-8-23(9-7-22)15-5-4-14(18)11-19-15/h4-5,11-13H,6-10H2,1-3H3. The topological polar surface area (TPSA) is 58.3 Å². The van der Waals surface area contributed by atoms with Gasteiger partial charge in [0.15, 0.2) is 0 Å². The van der Waals surface area contributed by atoms with Crippen molar-refractivity contribution in [1.82, 2.24) is 20.1 Å². The summed E-state index contributed by atoms with van der Waals surface area (Å²) < 4.78 is 5.83. The van der Waals surface area contributed by atoms with Gasteiger partial charge in [0, 0.05) is 38.8 Å². The second-order valence-corrected chi connectivity index (χ2v) is 7.10. The van der Waals surface area contributed by atoms with Gasteiger partial charge in [0.25, 0.3) is 0 Å². The van der Waals surface area contributed by atoms with E-state index in [1.807, 2.05) is 12.1 Å². The summed E-state index contributed by atoms with van der Waals surface area (Å²) in [4.78, 5) is 9.04. The molecule has 1 aliphatic heterocycles. The average Bonchev–Trinajstić information content (AvgIpc) is 3.03. The van der Waals surface area contributed by atoms with Crippen molar-refractivity contribution in [2.75, 3.05) is 31.1 Å². The van der Waals surface area contributed by atoms with Crippen LogP contribution in [0.25, 0.3) is 0 Å². The molecule has 0 spiro atoms. The molecule has 6 nitrogen and oxygen atoms in total. The van der Waals surface area contributed by atoms with Gasteiger partial charge >= 0.3 is 0 Å². The van der Waals surface area contributed by atoms with Crippen LogP contribution in [0.5, 0.6) is 0 Å². The maximum absolute atomic E-state index is 5.90. The van der Waals surface area contributed by atoms with E-state index in [-0.39, 0.29) is 6.04 Å². The molecule has 2 aromatic rings. The second kappa shape index (κ2) is 7.49. The van der Waals surface area contributed by atoms with Crippen LogP contribution < -0.4 is 4.90 Å². The highest BCUT2D eigenvalue weighted by Gasteiger charge is 2.26. The summed E-state index contributed by atoms with van der Waals surface area (Å²) in [5.41, 5.74) is 0. The van der Waals surface area contributed by atoms with E-state index in [4.69, 9.17) is 16.0 Å². The molecule has 7 heteroatoms. The third kappa shape index (κ3) is 4.05. The molecule has 0 bridgehead atoms. The van der Waals surface area contributed by atoms with Gasteiger partial charge in [-0.15, -0.1) is 10.2 Å². The van der Waals surface area contributed by atoms with Crippen molar-refractivity contribution in [1.29, 1.82) is 0 Å². The van der Waals surface area contributed by atoms with E-state index in [9.17, 15) is 0 Å². The lowest BCUT2D eigenvalue weighted by atomic mass is 10.1. The van der Waals surface area contributed by atoms with Crippen LogP contribution in [-0.2, 0) is 6.42 Å². The van der Waals surface area contributed by atoms with E-state index in [2.05, 4.69) is 45.8 Å². The fraction of sp³-hybridized carbons (Fsp3) is 0.588. The van der Waals surface area contributed by atoms with Gasteiger partial charge in [-0.3, -0.25) is 4.90 Å². The minimum Gasteiger partial charge on any atom is -0.424 e. The summed E-state index contributed by atoms with van der Waals surface area (Å²) in [6, 6.07) is 3.99. The largest absolute Gasteiger partial charge is 0.424 e. The Labute approximate surface area is 147 Å². The summed E-state index contributed by atoms with van der Waals surface area (Å²) in [7, 11) is 0. The molecule has 0 radical (unpaired) electrons. The van der Waals surface area contributed by atoms with Gasteiger partial charge < -0.3 is 9.32 Å². The van der Waals surface area contributed by atoms with Crippen molar-refractivity contribution in [2.45, 2.75) is 33.2 Å². The highest BCUT2D eigenvalue weighted by Crippen LogP contribution is 2.23. The van der Waals surface area contributed by atoms with Gasteiger partial charge in [0.1, 0.15) is 5.82 Å². The Balaban J connectivity index is 1.57. The minimum atomic E-state index is 0.138. The molecule has 0 amide bonds. The van der Waals surface area contributed by atoms with E-state index in [0.717, 1.165) is 44.3 Å². The van der Waals surface area contributed by atoms with Gasteiger partial charge in [0.05, 0.1) is 11.1 Å². The number of nitrogens with zero attached hydrogens (tertiary/aromatic N) is 5. The Kier molecular flexibility index (Phi) is 5.36. The Morgan fingerprint density at radius 1 is 1.12 bits per heavy atom. The third-order valence-corrected chi connectivity index (χ3v) is 4.54. The molecule has 1 unspecified atom stereocenters. The molecule has 1 fully saturated rings. The number of rotatable bonds is 5. The number of hydrogen-bond acceptors (Lipinski definition) is 6. The van der Waals surface area contributed by atoms with Crippen molar-refractivity contribution in [3.8, 4) is 0 Å². The molecule has 2 aromatic heterocycles. The van der Waals surface area contributed by atoms with Crippen LogP contribution in [-0.4, -0.2) is 46.3 Å². The van der Waals surface area contributed by atoms with Crippen LogP contribution in [0.15, 0.2) is 22.7 Å². The van der Waals surface area contributed by atoms with Crippen molar-refractivity contribution in [3.63, 3.8) is 0 Å². The normalized spacial score (nSPS) is 17.5. The summed E-state index contributed by atoms with van der Waals surface area (Å²) in [5, 5.41) is 9.07. The second-order valence-electron chi connectivity index (χ2n) is 6.67. The number of piperazine rings is 1. The summed E-state index contributed by atoms with van der Waals surface area (Å²) in [6.07, 6.45) is 2.52. The maximum Gasteiger partial charge on any atom is 0.233 e. The molecule has 24 heavy (non-hydrogen) atoms.